The third kappa shape index (κ3) is 2.30. The molecule has 1 heterocycles. The van der Waals surface area contributed by atoms with Gasteiger partial charge < -0.3 is 9.72 Å². The van der Waals surface area contributed by atoms with Gasteiger partial charge >= 0.3 is 0 Å². The second-order valence-corrected chi connectivity index (χ2v) is 2.91. The van der Waals surface area contributed by atoms with Crippen molar-refractivity contribution in [3.05, 3.63) is 22.5 Å². The minimum atomic E-state index is 0.408. The van der Waals surface area contributed by atoms with E-state index in [1.54, 1.807) is 12.3 Å². The van der Waals surface area contributed by atoms with Crippen LogP contribution >= 0.6 is 12.2 Å². The second-order valence-electron chi connectivity index (χ2n) is 2.51. The van der Waals surface area contributed by atoms with Crippen molar-refractivity contribution in [2.24, 2.45) is 0 Å². The Balaban J connectivity index is 3.01. The smallest absolute Gasteiger partial charge is 0.141 e. The number of H-pyrrole nitrogens is 1. The summed E-state index contributed by atoms with van der Waals surface area (Å²) in [4.78, 5) is 2.78. The lowest BCUT2D eigenvalue weighted by molar-refractivity contribution is 0.316. The molecule has 1 aromatic rings. The molecule has 13 heavy (non-hydrogen) atoms. The van der Waals surface area contributed by atoms with Crippen LogP contribution < -0.4 is 4.74 Å². The van der Waals surface area contributed by atoms with Crippen LogP contribution in [-0.2, 0) is 0 Å². The van der Waals surface area contributed by atoms with Crippen molar-refractivity contribution in [1.29, 1.82) is 5.26 Å². The molecule has 0 saturated heterocycles. The first-order valence-electron chi connectivity index (χ1n) is 4.04. The Labute approximate surface area is 82.0 Å². The summed E-state index contributed by atoms with van der Waals surface area (Å²) >= 11 is 4.93. The van der Waals surface area contributed by atoms with Crippen molar-refractivity contribution in [3.8, 4) is 11.8 Å². The summed E-state index contributed by atoms with van der Waals surface area (Å²) in [7, 11) is 0. The lowest BCUT2D eigenvalue weighted by Crippen LogP contribution is -1.98. The van der Waals surface area contributed by atoms with E-state index in [1.807, 2.05) is 13.0 Å². The Kier molecular flexibility index (Phi) is 3.47. The Morgan fingerprint density at radius 3 is 3.08 bits per heavy atom. The molecule has 4 heteroatoms. The molecule has 68 valence electrons. The highest BCUT2D eigenvalue weighted by Gasteiger charge is 2.03. The van der Waals surface area contributed by atoms with Gasteiger partial charge in [0.1, 0.15) is 22.0 Å². The molecule has 0 saturated carbocycles. The first-order chi connectivity index (χ1) is 6.29. The molecule has 0 spiro atoms. The van der Waals surface area contributed by atoms with Crippen LogP contribution in [0.5, 0.6) is 5.75 Å². The third-order valence-electron chi connectivity index (χ3n) is 1.50. The standard InChI is InChI=1S/C9H10N2OS/c1-2-5-12-8-3-4-11-9(13)7(8)6-10/h3-4H,2,5H2,1H3,(H,11,13). The van der Waals surface area contributed by atoms with Crippen LogP contribution in [0, 0.1) is 16.0 Å². The summed E-state index contributed by atoms with van der Waals surface area (Å²) in [6.45, 7) is 2.61. The van der Waals surface area contributed by atoms with Gasteiger partial charge in [-0.2, -0.15) is 5.26 Å². The summed E-state index contributed by atoms with van der Waals surface area (Å²) in [6.07, 6.45) is 2.59. The van der Waals surface area contributed by atoms with Crippen LogP contribution in [0.4, 0.5) is 0 Å². The van der Waals surface area contributed by atoms with Crippen LogP contribution in [0.3, 0.4) is 0 Å². The van der Waals surface area contributed by atoms with Gasteiger partial charge in [0.25, 0.3) is 0 Å². The number of hydrogen-bond acceptors (Lipinski definition) is 3. The van der Waals surface area contributed by atoms with E-state index in [0.717, 1.165) is 6.42 Å². The number of pyridine rings is 1. The second kappa shape index (κ2) is 4.63. The summed E-state index contributed by atoms with van der Waals surface area (Å²) in [6, 6.07) is 3.72. The zero-order valence-electron chi connectivity index (χ0n) is 7.33. The number of aromatic nitrogens is 1. The number of ether oxygens (including phenoxy) is 1. The van der Waals surface area contributed by atoms with Crippen LogP contribution in [0.15, 0.2) is 12.3 Å². The molecule has 0 bridgehead atoms. The quantitative estimate of drug-likeness (QED) is 0.752. The van der Waals surface area contributed by atoms with E-state index in [0.29, 0.717) is 22.6 Å². The lowest BCUT2D eigenvalue weighted by Gasteiger charge is -2.05. The Hall–Kier alpha value is -1.34. The van der Waals surface area contributed by atoms with E-state index >= 15 is 0 Å². The number of nitrogens with one attached hydrogen (secondary N) is 1. The van der Waals surface area contributed by atoms with E-state index in [1.165, 1.54) is 0 Å². The summed E-state index contributed by atoms with van der Waals surface area (Å²) in [5, 5.41) is 8.78. The number of nitriles is 1. The predicted octanol–water partition coefficient (Wildman–Crippen LogP) is 2.40. The Morgan fingerprint density at radius 2 is 2.46 bits per heavy atom. The van der Waals surface area contributed by atoms with E-state index in [-0.39, 0.29) is 0 Å². The molecule has 0 aliphatic rings. The maximum Gasteiger partial charge on any atom is 0.141 e. The first-order valence-corrected chi connectivity index (χ1v) is 4.45. The minimum Gasteiger partial charge on any atom is -0.492 e. The topological polar surface area (TPSA) is 48.8 Å². The number of hydrogen-bond donors (Lipinski definition) is 1. The van der Waals surface area contributed by atoms with E-state index in [2.05, 4.69) is 4.98 Å². The first kappa shape index (κ1) is 9.75. The molecule has 0 radical (unpaired) electrons. The monoisotopic (exact) mass is 194 g/mol. The molecule has 0 aromatic carbocycles. The van der Waals surface area contributed by atoms with Gasteiger partial charge in [-0.1, -0.05) is 19.1 Å². The highest BCUT2D eigenvalue weighted by molar-refractivity contribution is 7.71. The van der Waals surface area contributed by atoms with E-state index in [4.69, 9.17) is 22.2 Å². The molecule has 0 unspecified atom stereocenters. The molecule has 0 fully saturated rings. The molecule has 1 aromatic heterocycles. The zero-order valence-corrected chi connectivity index (χ0v) is 8.15. The van der Waals surface area contributed by atoms with E-state index < -0.39 is 0 Å². The molecule has 3 nitrogen and oxygen atoms in total. The van der Waals surface area contributed by atoms with E-state index in [9.17, 15) is 0 Å². The molecule has 0 aliphatic heterocycles. The highest BCUT2D eigenvalue weighted by Crippen LogP contribution is 2.16. The van der Waals surface area contributed by atoms with Crippen molar-refractivity contribution >= 4 is 12.2 Å². The Morgan fingerprint density at radius 1 is 1.69 bits per heavy atom. The van der Waals surface area contributed by atoms with Gasteiger partial charge in [-0.05, 0) is 12.5 Å². The van der Waals surface area contributed by atoms with Gasteiger partial charge in [0, 0.05) is 6.20 Å². The van der Waals surface area contributed by atoms with Crippen molar-refractivity contribution in [1.82, 2.24) is 4.98 Å². The highest BCUT2D eigenvalue weighted by atomic mass is 32.1. The fourth-order valence-corrected chi connectivity index (χ4v) is 1.11. The molecular formula is C9H10N2OS. The normalized spacial score (nSPS) is 9.23. The fraction of sp³-hybridized carbons (Fsp3) is 0.333. The van der Waals surface area contributed by atoms with Crippen molar-refractivity contribution < 1.29 is 4.74 Å². The largest absolute Gasteiger partial charge is 0.492 e. The number of nitrogens with zero attached hydrogens (tertiary/aromatic N) is 1. The van der Waals surface area contributed by atoms with Gasteiger partial charge in [-0.25, -0.2) is 0 Å². The van der Waals surface area contributed by atoms with Gasteiger partial charge in [-0.3, -0.25) is 0 Å². The van der Waals surface area contributed by atoms with Gasteiger partial charge in [0.05, 0.1) is 6.61 Å². The lowest BCUT2D eigenvalue weighted by atomic mass is 10.3. The summed E-state index contributed by atoms with van der Waals surface area (Å²) in [5.41, 5.74) is 0.408. The van der Waals surface area contributed by atoms with Crippen LogP contribution in [-0.4, -0.2) is 11.6 Å². The SMILES string of the molecule is CCCOc1cc[nH]c(=S)c1C#N. The zero-order chi connectivity index (χ0) is 9.68. The Bertz CT molecular complexity index is 378. The van der Waals surface area contributed by atoms with Gasteiger partial charge in [0.2, 0.25) is 0 Å². The summed E-state index contributed by atoms with van der Waals surface area (Å²) < 4.78 is 5.78. The molecule has 1 rings (SSSR count). The molecule has 1 N–H and O–H groups in total. The molecular weight excluding hydrogens is 184 g/mol. The van der Waals surface area contributed by atoms with Crippen molar-refractivity contribution in [2.45, 2.75) is 13.3 Å². The molecule has 0 amide bonds. The maximum absolute atomic E-state index is 8.78. The van der Waals surface area contributed by atoms with Crippen LogP contribution in [0.1, 0.15) is 18.9 Å². The van der Waals surface area contributed by atoms with Crippen molar-refractivity contribution in [3.63, 3.8) is 0 Å². The number of aromatic amines is 1. The predicted molar refractivity (Wildman–Crippen MR) is 52.1 cm³/mol. The van der Waals surface area contributed by atoms with Crippen LogP contribution in [0.25, 0.3) is 0 Å². The average molecular weight is 194 g/mol. The third-order valence-corrected chi connectivity index (χ3v) is 1.82. The number of rotatable bonds is 3. The maximum atomic E-state index is 8.78. The molecule has 0 atom stereocenters. The van der Waals surface area contributed by atoms with Gasteiger partial charge in [-0.15, -0.1) is 0 Å². The van der Waals surface area contributed by atoms with Crippen LogP contribution in [0.2, 0.25) is 0 Å². The fourth-order valence-electron chi connectivity index (χ4n) is 0.899. The summed E-state index contributed by atoms with van der Waals surface area (Å²) in [5.74, 6) is 0.563. The van der Waals surface area contributed by atoms with Gasteiger partial charge in [0.15, 0.2) is 0 Å². The molecule has 0 aliphatic carbocycles. The minimum absolute atomic E-state index is 0.408. The van der Waals surface area contributed by atoms with Crippen molar-refractivity contribution in [2.75, 3.05) is 6.61 Å². The average Bonchev–Trinajstić information content (AvgIpc) is 2.15.